The van der Waals surface area contributed by atoms with Gasteiger partial charge in [0.1, 0.15) is 21.9 Å². The first-order chi connectivity index (χ1) is 15.6. The molecule has 0 spiro atoms. The van der Waals surface area contributed by atoms with Crippen molar-refractivity contribution in [3.05, 3.63) is 76.1 Å². The molecule has 1 amide bonds. The number of amides is 1. The van der Waals surface area contributed by atoms with Crippen molar-refractivity contribution < 1.29 is 14.3 Å². The second-order valence-corrected chi connectivity index (χ2v) is 8.84. The van der Waals surface area contributed by atoms with Gasteiger partial charge in [0.05, 0.1) is 12.8 Å². The molecule has 6 nitrogen and oxygen atoms in total. The molecule has 1 aliphatic carbocycles. The molecule has 7 heteroatoms. The highest BCUT2D eigenvalue weighted by Gasteiger charge is 2.25. The Morgan fingerprint density at radius 2 is 1.94 bits per heavy atom. The SMILES string of the molecule is COC(=O)c1c(-c2ccc3c(c2)CCCC3)csc1NC(=O)c1c(C)nc2ccccn12. The van der Waals surface area contributed by atoms with Crippen molar-refractivity contribution in [2.45, 2.75) is 32.6 Å². The summed E-state index contributed by atoms with van der Waals surface area (Å²) < 4.78 is 6.83. The van der Waals surface area contributed by atoms with Crippen LogP contribution < -0.4 is 5.32 Å². The topological polar surface area (TPSA) is 72.7 Å². The molecule has 0 aliphatic heterocycles. The van der Waals surface area contributed by atoms with Gasteiger partial charge in [0.2, 0.25) is 0 Å². The summed E-state index contributed by atoms with van der Waals surface area (Å²) in [7, 11) is 1.36. The third-order valence-corrected chi connectivity index (χ3v) is 6.88. The van der Waals surface area contributed by atoms with Gasteiger partial charge in [0.25, 0.3) is 5.91 Å². The predicted molar refractivity (Wildman–Crippen MR) is 126 cm³/mol. The maximum atomic E-state index is 13.2. The number of benzene rings is 1. The maximum absolute atomic E-state index is 13.2. The molecule has 0 saturated carbocycles. The first-order valence-corrected chi connectivity index (χ1v) is 11.5. The van der Waals surface area contributed by atoms with Crippen LogP contribution in [0.4, 0.5) is 5.00 Å². The molecule has 0 atom stereocenters. The highest BCUT2D eigenvalue weighted by atomic mass is 32.1. The van der Waals surface area contributed by atoms with Gasteiger partial charge in [0, 0.05) is 17.1 Å². The number of rotatable bonds is 4. The third-order valence-electron chi connectivity index (χ3n) is 5.99. The highest BCUT2D eigenvalue weighted by molar-refractivity contribution is 7.15. The average Bonchev–Trinajstić information content (AvgIpc) is 3.38. The molecule has 1 aliphatic rings. The van der Waals surface area contributed by atoms with Crippen LogP contribution in [0.3, 0.4) is 0 Å². The predicted octanol–water partition coefficient (Wildman–Crippen LogP) is 5.29. The highest BCUT2D eigenvalue weighted by Crippen LogP contribution is 2.38. The zero-order chi connectivity index (χ0) is 22.2. The van der Waals surface area contributed by atoms with Crippen LogP contribution in [-0.2, 0) is 17.6 Å². The molecule has 0 radical (unpaired) electrons. The first kappa shape index (κ1) is 20.5. The van der Waals surface area contributed by atoms with E-state index < -0.39 is 5.97 Å². The second kappa shape index (κ2) is 8.24. The smallest absolute Gasteiger partial charge is 0.341 e. The number of methoxy groups -OCH3 is 1. The lowest BCUT2D eigenvalue weighted by atomic mass is 9.89. The number of ether oxygens (including phenoxy) is 1. The van der Waals surface area contributed by atoms with E-state index in [4.69, 9.17) is 4.74 Å². The number of nitrogens with one attached hydrogen (secondary N) is 1. The fraction of sp³-hybridized carbons (Fsp3) is 0.240. The van der Waals surface area contributed by atoms with E-state index >= 15 is 0 Å². The van der Waals surface area contributed by atoms with E-state index in [9.17, 15) is 9.59 Å². The van der Waals surface area contributed by atoms with Gasteiger partial charge in [-0.2, -0.15) is 0 Å². The van der Waals surface area contributed by atoms with Crippen LogP contribution in [-0.4, -0.2) is 28.4 Å². The van der Waals surface area contributed by atoms with Crippen LogP contribution in [0.5, 0.6) is 0 Å². The molecule has 0 unspecified atom stereocenters. The van der Waals surface area contributed by atoms with Crippen LogP contribution in [0.2, 0.25) is 0 Å². The van der Waals surface area contributed by atoms with Gasteiger partial charge in [-0.25, -0.2) is 9.78 Å². The summed E-state index contributed by atoms with van der Waals surface area (Å²) in [4.78, 5) is 30.4. The summed E-state index contributed by atoms with van der Waals surface area (Å²) in [5, 5.41) is 5.31. The molecule has 0 bridgehead atoms. The number of thiophene rings is 1. The Bertz CT molecular complexity index is 1350. The van der Waals surface area contributed by atoms with Crippen molar-refractivity contribution in [1.82, 2.24) is 9.38 Å². The van der Waals surface area contributed by atoms with Gasteiger partial charge in [-0.1, -0.05) is 24.3 Å². The maximum Gasteiger partial charge on any atom is 0.341 e. The standard InChI is InChI=1S/C25H23N3O3S/c1-15-22(28-12-6-5-9-20(28)26-15)23(29)27-24-21(25(30)31-2)19(14-32-24)18-11-10-16-7-3-4-8-17(16)13-18/h5-6,9-14H,3-4,7-8H2,1-2H3,(H,27,29). The fourth-order valence-corrected chi connectivity index (χ4v) is 5.37. The Kier molecular flexibility index (Phi) is 5.27. The summed E-state index contributed by atoms with van der Waals surface area (Å²) in [6.45, 7) is 1.80. The quantitative estimate of drug-likeness (QED) is 0.433. The number of anilines is 1. The molecule has 0 saturated heterocycles. The van der Waals surface area contributed by atoms with Gasteiger partial charge in [-0.3, -0.25) is 9.20 Å². The number of carbonyl (C=O) groups is 2. The van der Waals surface area contributed by atoms with Crippen molar-refractivity contribution in [2.24, 2.45) is 0 Å². The number of esters is 1. The van der Waals surface area contributed by atoms with Crippen LogP contribution >= 0.6 is 11.3 Å². The molecule has 4 aromatic rings. The Hall–Kier alpha value is -3.45. The summed E-state index contributed by atoms with van der Waals surface area (Å²) in [6.07, 6.45) is 6.36. The Morgan fingerprint density at radius 1 is 1.12 bits per heavy atom. The molecule has 5 rings (SSSR count). The zero-order valence-corrected chi connectivity index (χ0v) is 18.8. The largest absolute Gasteiger partial charge is 0.465 e. The van der Waals surface area contributed by atoms with Crippen molar-refractivity contribution >= 4 is 33.9 Å². The minimum absolute atomic E-state index is 0.315. The summed E-state index contributed by atoms with van der Waals surface area (Å²) in [5.74, 6) is -0.783. The number of carbonyl (C=O) groups excluding carboxylic acids is 2. The lowest BCUT2D eigenvalue weighted by molar-refractivity contribution is 0.0603. The molecular formula is C25H23N3O3S. The molecule has 1 aromatic carbocycles. The average molecular weight is 446 g/mol. The number of aromatic nitrogens is 2. The van der Waals surface area contributed by atoms with Crippen molar-refractivity contribution in [1.29, 1.82) is 0 Å². The Morgan fingerprint density at radius 3 is 2.75 bits per heavy atom. The lowest BCUT2D eigenvalue weighted by Gasteiger charge is -2.16. The van der Waals surface area contributed by atoms with Crippen LogP contribution in [0.25, 0.3) is 16.8 Å². The van der Waals surface area contributed by atoms with E-state index in [0.29, 0.717) is 27.6 Å². The van der Waals surface area contributed by atoms with Gasteiger partial charge in [0.15, 0.2) is 0 Å². The summed E-state index contributed by atoms with van der Waals surface area (Å²) >= 11 is 1.33. The van der Waals surface area contributed by atoms with Crippen LogP contribution in [0.15, 0.2) is 48.0 Å². The van der Waals surface area contributed by atoms with Crippen molar-refractivity contribution in [2.75, 3.05) is 12.4 Å². The van der Waals surface area contributed by atoms with E-state index in [0.717, 1.165) is 24.0 Å². The normalized spacial score (nSPS) is 13.1. The Labute approximate surface area is 189 Å². The fourth-order valence-electron chi connectivity index (χ4n) is 4.42. The van der Waals surface area contributed by atoms with E-state index in [2.05, 4.69) is 28.5 Å². The van der Waals surface area contributed by atoms with Crippen LogP contribution in [0, 0.1) is 6.92 Å². The minimum atomic E-state index is -0.468. The van der Waals surface area contributed by atoms with E-state index in [1.54, 1.807) is 17.5 Å². The number of fused-ring (bicyclic) bond motifs is 2. The molecule has 3 aromatic heterocycles. The monoisotopic (exact) mass is 445 g/mol. The Balaban J connectivity index is 1.54. The lowest BCUT2D eigenvalue weighted by Crippen LogP contribution is -2.17. The molecule has 162 valence electrons. The number of hydrogen-bond acceptors (Lipinski definition) is 5. The minimum Gasteiger partial charge on any atom is -0.465 e. The van der Waals surface area contributed by atoms with Gasteiger partial charge in [-0.15, -0.1) is 11.3 Å². The van der Waals surface area contributed by atoms with E-state index in [1.165, 1.54) is 42.4 Å². The number of nitrogens with zero attached hydrogens (tertiary/aromatic N) is 2. The number of imidazole rings is 1. The van der Waals surface area contributed by atoms with Crippen LogP contribution in [0.1, 0.15) is 50.5 Å². The van der Waals surface area contributed by atoms with Gasteiger partial charge < -0.3 is 10.1 Å². The van der Waals surface area contributed by atoms with E-state index in [1.807, 2.05) is 23.6 Å². The van der Waals surface area contributed by atoms with Gasteiger partial charge >= 0.3 is 5.97 Å². The number of pyridine rings is 1. The van der Waals surface area contributed by atoms with Crippen molar-refractivity contribution in [3.63, 3.8) is 0 Å². The first-order valence-electron chi connectivity index (χ1n) is 10.6. The summed E-state index contributed by atoms with van der Waals surface area (Å²) in [6, 6.07) is 12.0. The molecular weight excluding hydrogens is 422 g/mol. The van der Waals surface area contributed by atoms with Gasteiger partial charge in [-0.05, 0) is 61.4 Å². The van der Waals surface area contributed by atoms with E-state index in [-0.39, 0.29) is 5.91 Å². The molecule has 3 heterocycles. The molecule has 32 heavy (non-hydrogen) atoms. The molecule has 1 N–H and O–H groups in total. The molecule has 0 fully saturated rings. The second-order valence-electron chi connectivity index (χ2n) is 7.96. The number of hydrogen-bond donors (Lipinski definition) is 1. The zero-order valence-electron chi connectivity index (χ0n) is 18.0. The number of aryl methyl sites for hydroxylation is 3. The third kappa shape index (κ3) is 3.48. The summed E-state index contributed by atoms with van der Waals surface area (Å²) in [5.41, 5.74) is 6.61. The van der Waals surface area contributed by atoms with Crippen molar-refractivity contribution in [3.8, 4) is 11.1 Å².